The predicted molar refractivity (Wildman–Crippen MR) is 84.1 cm³/mol. The van der Waals surface area contributed by atoms with Crippen LogP contribution in [0.25, 0.3) is 0 Å². The number of amides is 1. The van der Waals surface area contributed by atoms with E-state index < -0.39 is 0 Å². The average molecular weight is 281 g/mol. The number of nitrogens with one attached hydrogen (secondary N) is 2. The van der Waals surface area contributed by atoms with Crippen LogP contribution in [0.5, 0.6) is 0 Å². The summed E-state index contributed by atoms with van der Waals surface area (Å²) in [5.41, 5.74) is 4.05. The van der Waals surface area contributed by atoms with E-state index in [0.29, 0.717) is 0 Å². The molecule has 2 N–H and O–H groups in total. The zero-order valence-corrected chi connectivity index (χ0v) is 12.1. The fourth-order valence-electron chi connectivity index (χ4n) is 2.07. The Labute approximate surface area is 124 Å². The molecule has 0 spiro atoms. The van der Waals surface area contributed by atoms with Crippen LogP contribution >= 0.6 is 0 Å². The standard InChI is InChI=1S/C17H19N3O/c1-12-2-3-13(10-18-12)11-19-15-6-8-16(9-7-15)20-17(21)14-4-5-14/h2-3,6-10,14,19H,4-5,11H2,1H3,(H,20,21). The maximum absolute atomic E-state index is 11.7. The highest BCUT2D eigenvalue weighted by Gasteiger charge is 2.29. The van der Waals surface area contributed by atoms with Crippen LogP contribution in [-0.2, 0) is 11.3 Å². The fraction of sp³-hybridized carbons (Fsp3) is 0.294. The summed E-state index contributed by atoms with van der Waals surface area (Å²) in [6.07, 6.45) is 3.93. The monoisotopic (exact) mass is 281 g/mol. The van der Waals surface area contributed by atoms with Gasteiger partial charge in [0.1, 0.15) is 0 Å². The molecule has 0 saturated heterocycles. The van der Waals surface area contributed by atoms with E-state index in [9.17, 15) is 4.79 Å². The van der Waals surface area contributed by atoms with E-state index in [0.717, 1.165) is 42.0 Å². The highest BCUT2D eigenvalue weighted by atomic mass is 16.2. The minimum Gasteiger partial charge on any atom is -0.381 e. The normalized spacial score (nSPS) is 13.8. The van der Waals surface area contributed by atoms with Crippen molar-refractivity contribution in [2.45, 2.75) is 26.3 Å². The largest absolute Gasteiger partial charge is 0.381 e. The Bertz CT molecular complexity index is 615. The zero-order valence-electron chi connectivity index (χ0n) is 12.1. The van der Waals surface area contributed by atoms with Crippen LogP contribution in [0.1, 0.15) is 24.1 Å². The summed E-state index contributed by atoms with van der Waals surface area (Å²) in [4.78, 5) is 15.9. The number of carbonyl (C=O) groups is 1. The van der Waals surface area contributed by atoms with E-state index in [1.165, 1.54) is 0 Å². The number of benzene rings is 1. The van der Waals surface area contributed by atoms with Crippen molar-refractivity contribution in [2.75, 3.05) is 10.6 Å². The van der Waals surface area contributed by atoms with Crippen molar-refractivity contribution < 1.29 is 4.79 Å². The van der Waals surface area contributed by atoms with Gasteiger partial charge in [0.2, 0.25) is 5.91 Å². The van der Waals surface area contributed by atoms with Gasteiger partial charge in [0.05, 0.1) is 0 Å². The predicted octanol–water partition coefficient (Wildman–Crippen LogP) is 3.35. The summed E-state index contributed by atoms with van der Waals surface area (Å²) in [6.45, 7) is 2.72. The average Bonchev–Trinajstić information content (AvgIpc) is 3.33. The van der Waals surface area contributed by atoms with Crippen molar-refractivity contribution in [1.29, 1.82) is 0 Å². The number of carbonyl (C=O) groups excluding carboxylic acids is 1. The molecule has 21 heavy (non-hydrogen) atoms. The second kappa shape index (κ2) is 5.95. The third-order valence-electron chi connectivity index (χ3n) is 3.57. The number of aromatic nitrogens is 1. The lowest BCUT2D eigenvalue weighted by molar-refractivity contribution is -0.117. The molecule has 1 aromatic carbocycles. The molecular weight excluding hydrogens is 262 g/mol. The Balaban J connectivity index is 1.54. The third kappa shape index (κ3) is 3.81. The molecule has 0 bridgehead atoms. The van der Waals surface area contributed by atoms with Gasteiger partial charge in [-0.15, -0.1) is 0 Å². The Morgan fingerprint density at radius 1 is 1.14 bits per heavy atom. The topological polar surface area (TPSA) is 54.0 Å². The third-order valence-corrected chi connectivity index (χ3v) is 3.57. The van der Waals surface area contributed by atoms with E-state index in [1.807, 2.05) is 43.5 Å². The molecule has 0 atom stereocenters. The van der Waals surface area contributed by atoms with Crippen molar-refractivity contribution in [3.63, 3.8) is 0 Å². The minimum atomic E-state index is 0.140. The first-order valence-electron chi connectivity index (χ1n) is 7.27. The molecule has 1 aliphatic carbocycles. The zero-order chi connectivity index (χ0) is 14.7. The molecule has 0 radical (unpaired) electrons. The quantitative estimate of drug-likeness (QED) is 0.883. The molecule has 1 aliphatic rings. The van der Waals surface area contributed by atoms with Crippen molar-refractivity contribution in [1.82, 2.24) is 4.98 Å². The van der Waals surface area contributed by atoms with Crippen molar-refractivity contribution in [3.05, 3.63) is 53.9 Å². The first-order valence-corrected chi connectivity index (χ1v) is 7.27. The molecule has 1 fully saturated rings. The number of anilines is 2. The lowest BCUT2D eigenvalue weighted by Gasteiger charge is -2.08. The Hall–Kier alpha value is -2.36. The maximum atomic E-state index is 11.7. The van der Waals surface area contributed by atoms with Gasteiger partial charge in [-0.1, -0.05) is 6.07 Å². The van der Waals surface area contributed by atoms with Crippen LogP contribution in [0.3, 0.4) is 0 Å². The van der Waals surface area contributed by atoms with E-state index >= 15 is 0 Å². The second-order valence-electron chi connectivity index (χ2n) is 5.50. The molecule has 4 nitrogen and oxygen atoms in total. The Morgan fingerprint density at radius 2 is 1.86 bits per heavy atom. The van der Waals surface area contributed by atoms with Crippen molar-refractivity contribution in [3.8, 4) is 0 Å². The lowest BCUT2D eigenvalue weighted by atomic mass is 10.2. The van der Waals surface area contributed by atoms with Gasteiger partial charge < -0.3 is 10.6 Å². The number of nitrogens with zero attached hydrogens (tertiary/aromatic N) is 1. The van der Waals surface area contributed by atoms with Gasteiger partial charge in [0.25, 0.3) is 0 Å². The number of hydrogen-bond donors (Lipinski definition) is 2. The second-order valence-corrected chi connectivity index (χ2v) is 5.50. The summed E-state index contributed by atoms with van der Waals surface area (Å²) < 4.78 is 0. The summed E-state index contributed by atoms with van der Waals surface area (Å²) in [5.74, 6) is 0.373. The SMILES string of the molecule is Cc1ccc(CNc2ccc(NC(=O)C3CC3)cc2)cn1. The van der Waals surface area contributed by atoms with Gasteiger partial charge in [-0.2, -0.15) is 0 Å². The smallest absolute Gasteiger partial charge is 0.227 e. The number of pyridine rings is 1. The molecule has 3 rings (SSSR count). The molecule has 0 aliphatic heterocycles. The van der Waals surface area contributed by atoms with Crippen molar-refractivity contribution in [2.24, 2.45) is 5.92 Å². The Morgan fingerprint density at radius 3 is 2.48 bits per heavy atom. The van der Waals surface area contributed by atoms with Crippen LogP contribution in [0.15, 0.2) is 42.6 Å². The number of aryl methyl sites for hydroxylation is 1. The van der Waals surface area contributed by atoms with Gasteiger partial charge in [-0.25, -0.2) is 0 Å². The van der Waals surface area contributed by atoms with Gasteiger partial charge in [0.15, 0.2) is 0 Å². The number of hydrogen-bond acceptors (Lipinski definition) is 3. The van der Waals surface area contributed by atoms with E-state index in [1.54, 1.807) is 0 Å². The van der Waals surface area contributed by atoms with Gasteiger partial charge in [-0.05, 0) is 55.7 Å². The molecule has 1 amide bonds. The molecular formula is C17H19N3O. The lowest BCUT2D eigenvalue weighted by Crippen LogP contribution is -2.13. The first kappa shape index (κ1) is 13.6. The van der Waals surface area contributed by atoms with E-state index in [-0.39, 0.29) is 11.8 Å². The van der Waals surface area contributed by atoms with Gasteiger partial charge in [-0.3, -0.25) is 9.78 Å². The summed E-state index contributed by atoms with van der Waals surface area (Å²) in [7, 11) is 0. The first-order chi connectivity index (χ1) is 10.2. The van der Waals surface area contributed by atoms with E-state index in [4.69, 9.17) is 0 Å². The highest BCUT2D eigenvalue weighted by molar-refractivity contribution is 5.94. The molecule has 108 valence electrons. The minimum absolute atomic E-state index is 0.140. The van der Waals surface area contributed by atoms with Crippen LogP contribution in [0.4, 0.5) is 11.4 Å². The molecule has 1 saturated carbocycles. The highest BCUT2D eigenvalue weighted by Crippen LogP contribution is 2.30. The summed E-state index contributed by atoms with van der Waals surface area (Å²) >= 11 is 0. The fourth-order valence-corrected chi connectivity index (χ4v) is 2.07. The summed E-state index contributed by atoms with van der Waals surface area (Å²) in [6, 6.07) is 11.9. The molecule has 0 unspecified atom stereocenters. The molecule has 2 aromatic rings. The van der Waals surface area contributed by atoms with E-state index in [2.05, 4.69) is 21.7 Å². The van der Waals surface area contributed by atoms with Crippen LogP contribution in [0.2, 0.25) is 0 Å². The maximum Gasteiger partial charge on any atom is 0.227 e. The van der Waals surface area contributed by atoms with Crippen LogP contribution in [0, 0.1) is 12.8 Å². The van der Waals surface area contributed by atoms with Crippen LogP contribution < -0.4 is 10.6 Å². The number of rotatable bonds is 5. The Kier molecular flexibility index (Phi) is 3.86. The summed E-state index contributed by atoms with van der Waals surface area (Å²) in [5, 5.41) is 6.28. The van der Waals surface area contributed by atoms with Gasteiger partial charge in [0, 0.05) is 35.7 Å². The molecule has 1 heterocycles. The molecule has 4 heteroatoms. The van der Waals surface area contributed by atoms with Crippen molar-refractivity contribution >= 4 is 17.3 Å². The van der Waals surface area contributed by atoms with Crippen LogP contribution in [-0.4, -0.2) is 10.9 Å². The van der Waals surface area contributed by atoms with Gasteiger partial charge >= 0.3 is 0 Å². The molecule has 1 aromatic heterocycles.